The van der Waals surface area contributed by atoms with Crippen molar-refractivity contribution in [1.82, 2.24) is 15.6 Å². The lowest BCUT2D eigenvalue weighted by Gasteiger charge is -2.13. The van der Waals surface area contributed by atoms with E-state index in [9.17, 15) is 9.59 Å². The number of anilines is 1. The smallest absolute Gasteiger partial charge is 0.264 e. The Kier molecular flexibility index (Phi) is 3.50. The van der Waals surface area contributed by atoms with Crippen LogP contribution in [0, 0.1) is 0 Å². The molecule has 2 aromatic rings. The molecule has 2 amide bonds. The van der Waals surface area contributed by atoms with Crippen molar-refractivity contribution in [3.8, 4) is 0 Å². The lowest BCUT2D eigenvalue weighted by molar-refractivity contribution is -0.122. The predicted octanol–water partition coefficient (Wildman–Crippen LogP) is 1.28. The number of hydrogen-bond acceptors (Lipinski definition) is 5. The molecular weight excluding hydrogens is 288 g/mol. The standard InChI is InChI=1S/C14H16N4O2S/c1-7(13(19)18-8-4-5-8)17-14(20)12-10(15)11-9(21-12)3-2-6-16-11/h2-3,6-8H,4-5,15H2,1H3,(H,17,20)(H,18,19). The van der Waals surface area contributed by atoms with Crippen LogP contribution >= 0.6 is 11.3 Å². The van der Waals surface area contributed by atoms with Gasteiger partial charge in [-0.15, -0.1) is 11.3 Å². The molecule has 0 aliphatic heterocycles. The molecule has 2 heterocycles. The summed E-state index contributed by atoms with van der Waals surface area (Å²) in [6, 6.07) is 3.35. The second kappa shape index (κ2) is 5.33. The van der Waals surface area contributed by atoms with Gasteiger partial charge in [0.1, 0.15) is 16.4 Å². The van der Waals surface area contributed by atoms with Crippen LogP contribution in [0.2, 0.25) is 0 Å². The number of carbonyl (C=O) groups excluding carboxylic acids is 2. The SMILES string of the molecule is CC(NC(=O)c1sc2cccnc2c1N)C(=O)NC1CC1. The molecule has 1 aliphatic carbocycles. The van der Waals surface area contributed by atoms with Gasteiger partial charge in [-0.2, -0.15) is 0 Å². The summed E-state index contributed by atoms with van der Waals surface area (Å²) < 4.78 is 0.857. The third-order valence-corrected chi connectivity index (χ3v) is 4.51. The minimum atomic E-state index is -0.587. The molecule has 7 heteroatoms. The van der Waals surface area contributed by atoms with Crippen molar-refractivity contribution in [3.05, 3.63) is 23.2 Å². The van der Waals surface area contributed by atoms with E-state index in [1.54, 1.807) is 19.2 Å². The Morgan fingerprint density at radius 2 is 2.24 bits per heavy atom. The topological polar surface area (TPSA) is 97.1 Å². The highest BCUT2D eigenvalue weighted by atomic mass is 32.1. The number of fused-ring (bicyclic) bond motifs is 1. The Labute approximate surface area is 125 Å². The molecule has 2 aromatic heterocycles. The number of carbonyl (C=O) groups is 2. The van der Waals surface area contributed by atoms with Gasteiger partial charge in [-0.05, 0) is 31.9 Å². The Morgan fingerprint density at radius 1 is 1.48 bits per heavy atom. The number of nitrogen functional groups attached to an aromatic ring is 1. The molecule has 3 rings (SSSR count). The minimum Gasteiger partial charge on any atom is -0.396 e. The summed E-state index contributed by atoms with van der Waals surface area (Å²) in [5.41, 5.74) is 6.96. The first-order chi connectivity index (χ1) is 10.1. The number of aromatic nitrogens is 1. The Balaban J connectivity index is 1.74. The monoisotopic (exact) mass is 304 g/mol. The number of nitrogens with one attached hydrogen (secondary N) is 2. The molecule has 0 aromatic carbocycles. The number of thiophene rings is 1. The number of hydrogen-bond donors (Lipinski definition) is 3. The molecule has 1 atom stereocenters. The first-order valence-electron chi connectivity index (χ1n) is 6.80. The summed E-state index contributed by atoms with van der Waals surface area (Å²) in [5.74, 6) is -0.502. The van der Waals surface area contributed by atoms with E-state index in [-0.39, 0.29) is 17.9 Å². The van der Waals surface area contributed by atoms with Crippen LogP contribution in [0.3, 0.4) is 0 Å². The third kappa shape index (κ3) is 2.82. The highest BCUT2D eigenvalue weighted by molar-refractivity contribution is 7.21. The molecule has 1 unspecified atom stereocenters. The zero-order valence-electron chi connectivity index (χ0n) is 11.6. The van der Waals surface area contributed by atoms with Crippen LogP contribution in [0.4, 0.5) is 5.69 Å². The Bertz CT molecular complexity index is 708. The second-order valence-corrected chi connectivity index (χ2v) is 6.23. The molecule has 110 valence electrons. The summed E-state index contributed by atoms with van der Waals surface area (Å²) in [5, 5.41) is 5.54. The maximum absolute atomic E-state index is 12.3. The van der Waals surface area contributed by atoms with Gasteiger partial charge < -0.3 is 16.4 Å². The molecule has 1 saturated carbocycles. The van der Waals surface area contributed by atoms with E-state index in [0.29, 0.717) is 16.1 Å². The molecule has 21 heavy (non-hydrogen) atoms. The number of pyridine rings is 1. The molecule has 6 nitrogen and oxygen atoms in total. The van der Waals surface area contributed by atoms with Gasteiger partial charge in [-0.1, -0.05) is 0 Å². The summed E-state index contributed by atoms with van der Waals surface area (Å²) in [6.45, 7) is 1.66. The molecule has 1 aliphatic rings. The molecule has 4 N–H and O–H groups in total. The number of nitrogens with zero attached hydrogens (tertiary/aromatic N) is 1. The van der Waals surface area contributed by atoms with E-state index in [2.05, 4.69) is 15.6 Å². The van der Waals surface area contributed by atoms with Gasteiger partial charge in [-0.25, -0.2) is 0 Å². The molecule has 1 fully saturated rings. The Hall–Kier alpha value is -2.15. The zero-order valence-corrected chi connectivity index (χ0v) is 12.4. The highest BCUT2D eigenvalue weighted by Crippen LogP contribution is 2.31. The van der Waals surface area contributed by atoms with Crippen LogP contribution in [0.5, 0.6) is 0 Å². The average Bonchev–Trinajstić information content (AvgIpc) is 3.21. The van der Waals surface area contributed by atoms with Crippen molar-refractivity contribution in [3.63, 3.8) is 0 Å². The van der Waals surface area contributed by atoms with Gasteiger partial charge in [-0.3, -0.25) is 14.6 Å². The van der Waals surface area contributed by atoms with E-state index in [1.807, 2.05) is 6.07 Å². The quantitative estimate of drug-likeness (QED) is 0.792. The number of amides is 2. The van der Waals surface area contributed by atoms with Crippen molar-refractivity contribution in [1.29, 1.82) is 0 Å². The van der Waals surface area contributed by atoms with Gasteiger partial charge in [0.2, 0.25) is 5.91 Å². The van der Waals surface area contributed by atoms with Crippen LogP contribution in [-0.4, -0.2) is 28.9 Å². The number of rotatable bonds is 4. The van der Waals surface area contributed by atoms with Crippen LogP contribution in [-0.2, 0) is 4.79 Å². The van der Waals surface area contributed by atoms with E-state index >= 15 is 0 Å². The number of nitrogens with two attached hydrogens (primary N) is 1. The lowest BCUT2D eigenvalue weighted by Crippen LogP contribution is -2.45. The van der Waals surface area contributed by atoms with Gasteiger partial charge in [0, 0.05) is 12.2 Å². The summed E-state index contributed by atoms with van der Waals surface area (Å²) >= 11 is 1.28. The van der Waals surface area contributed by atoms with Crippen molar-refractivity contribution in [2.24, 2.45) is 0 Å². The fraction of sp³-hybridized carbons (Fsp3) is 0.357. The molecule has 0 bridgehead atoms. The lowest BCUT2D eigenvalue weighted by atomic mass is 10.2. The second-order valence-electron chi connectivity index (χ2n) is 5.17. The van der Waals surface area contributed by atoms with Crippen molar-refractivity contribution >= 4 is 39.1 Å². The molecule has 0 spiro atoms. The maximum Gasteiger partial charge on any atom is 0.264 e. The summed E-state index contributed by atoms with van der Waals surface area (Å²) in [4.78, 5) is 28.7. The summed E-state index contributed by atoms with van der Waals surface area (Å²) in [7, 11) is 0. The largest absolute Gasteiger partial charge is 0.396 e. The van der Waals surface area contributed by atoms with Crippen LogP contribution < -0.4 is 16.4 Å². The van der Waals surface area contributed by atoms with E-state index < -0.39 is 6.04 Å². The van der Waals surface area contributed by atoms with Crippen molar-refractivity contribution < 1.29 is 9.59 Å². The van der Waals surface area contributed by atoms with Crippen LogP contribution in [0.1, 0.15) is 29.4 Å². The normalized spacial score (nSPS) is 15.7. The van der Waals surface area contributed by atoms with Crippen molar-refractivity contribution in [2.75, 3.05) is 5.73 Å². The first kappa shape index (κ1) is 13.8. The fourth-order valence-corrected chi connectivity index (χ4v) is 2.98. The zero-order chi connectivity index (χ0) is 15.0. The Morgan fingerprint density at radius 3 is 2.90 bits per heavy atom. The maximum atomic E-state index is 12.3. The van der Waals surface area contributed by atoms with Gasteiger partial charge in [0.05, 0.1) is 10.4 Å². The van der Waals surface area contributed by atoms with E-state index in [4.69, 9.17) is 5.73 Å². The predicted molar refractivity (Wildman–Crippen MR) is 82.1 cm³/mol. The highest BCUT2D eigenvalue weighted by Gasteiger charge is 2.27. The van der Waals surface area contributed by atoms with Crippen LogP contribution in [0.25, 0.3) is 10.2 Å². The van der Waals surface area contributed by atoms with E-state index in [1.165, 1.54) is 11.3 Å². The third-order valence-electron chi connectivity index (χ3n) is 3.35. The summed E-state index contributed by atoms with van der Waals surface area (Å²) in [6.07, 6.45) is 3.67. The first-order valence-corrected chi connectivity index (χ1v) is 7.62. The molecule has 0 saturated heterocycles. The van der Waals surface area contributed by atoms with Crippen LogP contribution in [0.15, 0.2) is 18.3 Å². The fourth-order valence-electron chi connectivity index (χ4n) is 2.00. The minimum absolute atomic E-state index is 0.163. The van der Waals surface area contributed by atoms with Gasteiger partial charge in [0.25, 0.3) is 5.91 Å². The van der Waals surface area contributed by atoms with Crippen molar-refractivity contribution in [2.45, 2.75) is 31.8 Å². The molecular formula is C14H16N4O2S. The van der Waals surface area contributed by atoms with E-state index in [0.717, 1.165) is 17.5 Å². The molecule has 0 radical (unpaired) electrons. The van der Waals surface area contributed by atoms with Gasteiger partial charge >= 0.3 is 0 Å². The van der Waals surface area contributed by atoms with Gasteiger partial charge in [0.15, 0.2) is 0 Å². The average molecular weight is 304 g/mol.